The number of hydrogen-bond acceptors (Lipinski definition) is 2. The van der Waals surface area contributed by atoms with Crippen molar-refractivity contribution in [1.82, 2.24) is 0 Å². The molecule has 2 aromatic rings. The van der Waals surface area contributed by atoms with Crippen LogP contribution in [0.4, 0.5) is 5.69 Å². The van der Waals surface area contributed by atoms with Crippen molar-refractivity contribution < 1.29 is 9.90 Å². The van der Waals surface area contributed by atoms with Crippen LogP contribution in [0.3, 0.4) is 0 Å². The average molecular weight is 239 g/mol. The van der Waals surface area contributed by atoms with Gasteiger partial charge in [0, 0.05) is 5.69 Å². The third kappa shape index (κ3) is 1.84. The van der Waals surface area contributed by atoms with Gasteiger partial charge in [-0.15, -0.1) is 0 Å². The first-order valence-electron chi connectivity index (χ1n) is 5.92. The van der Waals surface area contributed by atoms with E-state index in [-0.39, 0.29) is 17.6 Å². The fraction of sp³-hybridized carbons (Fsp3) is 0.133. The van der Waals surface area contributed by atoms with Gasteiger partial charge < -0.3 is 10.4 Å². The fourth-order valence-electron chi connectivity index (χ4n) is 2.35. The Kier molecular flexibility index (Phi) is 2.52. The number of phenolic OH excluding ortho intramolecular Hbond substituents is 1. The van der Waals surface area contributed by atoms with Crippen LogP contribution >= 0.6 is 0 Å². The van der Waals surface area contributed by atoms with Crippen LogP contribution in [-0.2, 0) is 11.2 Å². The SMILES string of the molecule is O=C1Nc2ccccc2C1Cc1ccc(O)cc1. The lowest BCUT2D eigenvalue weighted by Gasteiger charge is -2.08. The van der Waals surface area contributed by atoms with E-state index >= 15 is 0 Å². The van der Waals surface area contributed by atoms with Crippen molar-refractivity contribution in [3.8, 4) is 5.75 Å². The third-order valence-corrected chi connectivity index (χ3v) is 3.29. The standard InChI is InChI=1S/C15H13NO2/c17-11-7-5-10(6-8-11)9-13-12-3-1-2-4-14(12)16-15(13)18/h1-8,13,17H,9H2,(H,16,18). The molecule has 0 aromatic heterocycles. The van der Waals surface area contributed by atoms with Crippen LogP contribution in [0.1, 0.15) is 17.0 Å². The molecular formula is C15H13NO2. The van der Waals surface area contributed by atoms with Crippen molar-refractivity contribution in [3.05, 3.63) is 59.7 Å². The molecule has 0 saturated carbocycles. The Hall–Kier alpha value is -2.29. The number of phenols is 1. The second-order valence-electron chi connectivity index (χ2n) is 4.50. The van der Waals surface area contributed by atoms with E-state index in [0.29, 0.717) is 6.42 Å². The summed E-state index contributed by atoms with van der Waals surface area (Å²) in [7, 11) is 0. The van der Waals surface area contributed by atoms with E-state index in [9.17, 15) is 9.90 Å². The van der Waals surface area contributed by atoms with Gasteiger partial charge in [-0.25, -0.2) is 0 Å². The van der Waals surface area contributed by atoms with E-state index < -0.39 is 0 Å². The highest BCUT2D eigenvalue weighted by Gasteiger charge is 2.29. The Morgan fingerprint density at radius 2 is 1.78 bits per heavy atom. The molecule has 3 heteroatoms. The number of benzene rings is 2. The predicted molar refractivity (Wildman–Crippen MR) is 69.6 cm³/mol. The number of carbonyl (C=O) groups excluding carboxylic acids is 1. The quantitative estimate of drug-likeness (QED) is 0.846. The monoisotopic (exact) mass is 239 g/mol. The molecule has 0 bridgehead atoms. The number of amides is 1. The zero-order chi connectivity index (χ0) is 12.5. The van der Waals surface area contributed by atoms with E-state index in [2.05, 4.69) is 5.32 Å². The highest BCUT2D eigenvalue weighted by Crippen LogP contribution is 2.34. The van der Waals surface area contributed by atoms with Crippen molar-refractivity contribution in [3.63, 3.8) is 0 Å². The van der Waals surface area contributed by atoms with Crippen molar-refractivity contribution in [2.75, 3.05) is 5.32 Å². The molecule has 1 unspecified atom stereocenters. The van der Waals surface area contributed by atoms with Gasteiger partial charge >= 0.3 is 0 Å². The molecule has 0 radical (unpaired) electrons. The minimum absolute atomic E-state index is 0.0456. The summed E-state index contributed by atoms with van der Waals surface area (Å²) in [6, 6.07) is 14.8. The van der Waals surface area contributed by atoms with Crippen LogP contribution in [0.5, 0.6) is 5.75 Å². The lowest BCUT2D eigenvalue weighted by Crippen LogP contribution is -2.14. The van der Waals surface area contributed by atoms with Gasteiger partial charge in [-0.3, -0.25) is 4.79 Å². The van der Waals surface area contributed by atoms with Crippen LogP contribution in [0.25, 0.3) is 0 Å². The van der Waals surface area contributed by atoms with Gasteiger partial charge in [-0.05, 0) is 35.7 Å². The highest BCUT2D eigenvalue weighted by molar-refractivity contribution is 6.03. The summed E-state index contributed by atoms with van der Waals surface area (Å²) in [5.74, 6) is 0.157. The molecule has 1 aliphatic rings. The van der Waals surface area contributed by atoms with Crippen LogP contribution in [-0.4, -0.2) is 11.0 Å². The number of nitrogens with one attached hydrogen (secondary N) is 1. The average Bonchev–Trinajstić information content (AvgIpc) is 2.69. The fourth-order valence-corrected chi connectivity index (χ4v) is 2.35. The smallest absolute Gasteiger partial charge is 0.232 e. The Morgan fingerprint density at radius 3 is 2.56 bits per heavy atom. The zero-order valence-corrected chi connectivity index (χ0v) is 9.76. The Balaban J connectivity index is 1.89. The molecule has 0 aliphatic carbocycles. The van der Waals surface area contributed by atoms with Crippen molar-refractivity contribution >= 4 is 11.6 Å². The summed E-state index contributed by atoms with van der Waals surface area (Å²) >= 11 is 0. The molecule has 18 heavy (non-hydrogen) atoms. The van der Waals surface area contributed by atoms with Crippen LogP contribution in [0, 0.1) is 0 Å². The van der Waals surface area contributed by atoms with Gasteiger partial charge in [-0.1, -0.05) is 30.3 Å². The van der Waals surface area contributed by atoms with Gasteiger partial charge in [0.2, 0.25) is 5.91 Å². The molecule has 90 valence electrons. The van der Waals surface area contributed by atoms with Crippen LogP contribution in [0.15, 0.2) is 48.5 Å². The second kappa shape index (κ2) is 4.18. The van der Waals surface area contributed by atoms with Gasteiger partial charge in [0.1, 0.15) is 5.75 Å². The summed E-state index contributed by atoms with van der Waals surface area (Å²) in [6.45, 7) is 0. The number of hydrogen-bond donors (Lipinski definition) is 2. The van der Waals surface area contributed by atoms with Gasteiger partial charge in [0.15, 0.2) is 0 Å². The topological polar surface area (TPSA) is 49.3 Å². The number of para-hydroxylation sites is 1. The molecular weight excluding hydrogens is 226 g/mol. The minimum atomic E-state index is -0.134. The maximum absolute atomic E-state index is 11.9. The predicted octanol–water partition coefficient (Wildman–Crippen LogP) is 2.67. The normalized spacial score (nSPS) is 17.3. The van der Waals surface area contributed by atoms with Gasteiger partial charge in [0.05, 0.1) is 5.92 Å². The second-order valence-corrected chi connectivity index (χ2v) is 4.50. The minimum Gasteiger partial charge on any atom is -0.508 e. The molecule has 1 atom stereocenters. The molecule has 1 aliphatic heterocycles. The van der Waals surface area contributed by atoms with E-state index in [0.717, 1.165) is 16.8 Å². The lowest BCUT2D eigenvalue weighted by molar-refractivity contribution is -0.117. The van der Waals surface area contributed by atoms with Crippen LogP contribution < -0.4 is 5.32 Å². The zero-order valence-electron chi connectivity index (χ0n) is 9.76. The first-order chi connectivity index (χ1) is 8.74. The Morgan fingerprint density at radius 1 is 1.06 bits per heavy atom. The Bertz CT molecular complexity index is 590. The maximum atomic E-state index is 11.9. The number of aromatic hydroxyl groups is 1. The molecule has 3 rings (SSSR count). The van der Waals surface area contributed by atoms with E-state index in [1.165, 1.54) is 0 Å². The number of carbonyl (C=O) groups is 1. The molecule has 3 nitrogen and oxygen atoms in total. The molecule has 0 fully saturated rings. The molecule has 2 N–H and O–H groups in total. The molecule has 0 spiro atoms. The third-order valence-electron chi connectivity index (χ3n) is 3.29. The van der Waals surface area contributed by atoms with Gasteiger partial charge in [0.25, 0.3) is 0 Å². The van der Waals surface area contributed by atoms with E-state index in [4.69, 9.17) is 0 Å². The Labute approximate surface area is 105 Å². The first-order valence-corrected chi connectivity index (χ1v) is 5.92. The number of anilines is 1. The van der Waals surface area contributed by atoms with Gasteiger partial charge in [-0.2, -0.15) is 0 Å². The largest absolute Gasteiger partial charge is 0.508 e. The lowest BCUT2D eigenvalue weighted by atomic mass is 9.93. The van der Waals surface area contributed by atoms with Crippen molar-refractivity contribution in [2.24, 2.45) is 0 Å². The van der Waals surface area contributed by atoms with E-state index in [1.54, 1.807) is 12.1 Å². The summed E-state index contributed by atoms with van der Waals surface area (Å²) in [4.78, 5) is 11.9. The number of fused-ring (bicyclic) bond motifs is 1. The summed E-state index contributed by atoms with van der Waals surface area (Å²) in [5, 5.41) is 12.1. The molecule has 0 saturated heterocycles. The molecule has 2 aromatic carbocycles. The molecule has 1 amide bonds. The van der Waals surface area contributed by atoms with Crippen molar-refractivity contribution in [1.29, 1.82) is 0 Å². The highest BCUT2D eigenvalue weighted by atomic mass is 16.3. The first kappa shape index (κ1) is 10.8. The molecule has 1 heterocycles. The van der Waals surface area contributed by atoms with E-state index in [1.807, 2.05) is 36.4 Å². The summed E-state index contributed by atoms with van der Waals surface area (Å²) in [6.07, 6.45) is 0.656. The number of rotatable bonds is 2. The summed E-state index contributed by atoms with van der Waals surface area (Å²) < 4.78 is 0. The van der Waals surface area contributed by atoms with Crippen LogP contribution in [0.2, 0.25) is 0 Å². The maximum Gasteiger partial charge on any atom is 0.232 e. The summed E-state index contributed by atoms with van der Waals surface area (Å²) in [5.41, 5.74) is 3.01. The van der Waals surface area contributed by atoms with Crippen molar-refractivity contribution in [2.45, 2.75) is 12.3 Å².